The number of hydrogen-bond acceptors (Lipinski definition) is 5. The van der Waals surface area contributed by atoms with E-state index in [9.17, 15) is 18.0 Å². The average Bonchev–Trinajstić information content (AvgIpc) is 2.60. The Morgan fingerprint density at radius 2 is 1.83 bits per heavy atom. The molecule has 0 spiro atoms. The highest BCUT2D eigenvalue weighted by Crippen LogP contribution is 2.40. The molecular weight excluding hydrogens is 411 g/mol. The standard InChI is InChI=1S/C19H21ClF3N3O3/c1-18(2,3)29-17(27)26-6-4-11(5-7-26)28-15-8-12-14(24-10-25-16(12)20)9-13(15)19(21,22)23/h8-11H,4-7H2,1-3H3. The first kappa shape index (κ1) is 21.4. The predicted molar refractivity (Wildman–Crippen MR) is 101 cm³/mol. The van der Waals surface area contributed by atoms with Crippen LogP contribution in [0.4, 0.5) is 18.0 Å². The number of alkyl halides is 3. The minimum absolute atomic E-state index is 0.0494. The lowest BCUT2D eigenvalue weighted by Crippen LogP contribution is -2.44. The van der Waals surface area contributed by atoms with Gasteiger partial charge in [-0.15, -0.1) is 0 Å². The second-order valence-electron chi connectivity index (χ2n) is 7.81. The van der Waals surface area contributed by atoms with Crippen molar-refractivity contribution in [2.45, 2.75) is 51.5 Å². The third-order valence-corrected chi connectivity index (χ3v) is 4.68. The molecule has 0 atom stereocenters. The van der Waals surface area contributed by atoms with E-state index in [4.69, 9.17) is 21.1 Å². The number of likely N-dealkylation sites (tertiary alicyclic amines) is 1. The van der Waals surface area contributed by atoms with Gasteiger partial charge < -0.3 is 14.4 Å². The molecule has 0 radical (unpaired) electrons. The number of carbonyl (C=O) groups excluding carboxylic acids is 1. The summed E-state index contributed by atoms with van der Waals surface area (Å²) in [7, 11) is 0. The Balaban J connectivity index is 1.77. The van der Waals surface area contributed by atoms with E-state index in [-0.39, 0.29) is 21.8 Å². The lowest BCUT2D eigenvalue weighted by atomic mass is 10.1. The van der Waals surface area contributed by atoms with Crippen molar-refractivity contribution in [2.24, 2.45) is 0 Å². The minimum atomic E-state index is -4.61. The number of fused-ring (bicyclic) bond motifs is 1. The van der Waals surface area contributed by atoms with E-state index in [1.54, 1.807) is 20.8 Å². The summed E-state index contributed by atoms with van der Waals surface area (Å²) in [6.45, 7) is 5.98. The lowest BCUT2D eigenvalue weighted by molar-refractivity contribution is -0.139. The highest BCUT2D eigenvalue weighted by molar-refractivity contribution is 6.34. The van der Waals surface area contributed by atoms with Crippen LogP contribution in [0.5, 0.6) is 5.75 Å². The number of ether oxygens (including phenoxy) is 2. The van der Waals surface area contributed by atoms with Crippen molar-refractivity contribution in [3.05, 3.63) is 29.2 Å². The van der Waals surface area contributed by atoms with Crippen LogP contribution in [0.25, 0.3) is 10.9 Å². The maximum absolute atomic E-state index is 13.5. The molecule has 0 N–H and O–H groups in total. The summed E-state index contributed by atoms with van der Waals surface area (Å²) in [4.78, 5) is 21.3. The zero-order valence-corrected chi connectivity index (χ0v) is 17.0. The Kier molecular flexibility index (Phi) is 5.80. The Morgan fingerprint density at radius 1 is 1.17 bits per heavy atom. The van der Waals surface area contributed by atoms with Crippen molar-refractivity contribution in [3.63, 3.8) is 0 Å². The van der Waals surface area contributed by atoms with Crippen LogP contribution in [0.1, 0.15) is 39.2 Å². The number of carbonyl (C=O) groups is 1. The summed E-state index contributed by atoms with van der Waals surface area (Å²) in [5, 5.41) is 0.330. The van der Waals surface area contributed by atoms with E-state index < -0.39 is 29.5 Å². The zero-order valence-electron chi connectivity index (χ0n) is 16.2. The van der Waals surface area contributed by atoms with E-state index in [1.807, 2.05) is 0 Å². The van der Waals surface area contributed by atoms with E-state index in [0.717, 1.165) is 12.4 Å². The highest BCUT2D eigenvalue weighted by atomic mass is 35.5. The summed E-state index contributed by atoms with van der Waals surface area (Å²) in [5.74, 6) is -0.322. The first-order valence-electron chi connectivity index (χ1n) is 9.10. The molecule has 1 aliphatic rings. The van der Waals surface area contributed by atoms with Gasteiger partial charge in [-0.25, -0.2) is 14.8 Å². The molecule has 2 heterocycles. The van der Waals surface area contributed by atoms with E-state index in [1.165, 1.54) is 11.0 Å². The number of rotatable bonds is 2. The molecule has 1 aromatic heterocycles. The number of aromatic nitrogens is 2. The van der Waals surface area contributed by atoms with Gasteiger partial charge in [0, 0.05) is 31.3 Å². The smallest absolute Gasteiger partial charge is 0.420 e. The number of piperidine rings is 1. The van der Waals surface area contributed by atoms with Crippen LogP contribution < -0.4 is 4.74 Å². The molecule has 10 heteroatoms. The molecule has 0 bridgehead atoms. The summed E-state index contributed by atoms with van der Waals surface area (Å²) in [6, 6.07) is 2.13. The number of amides is 1. The molecule has 1 fully saturated rings. The molecule has 158 valence electrons. The largest absolute Gasteiger partial charge is 0.490 e. The van der Waals surface area contributed by atoms with Gasteiger partial charge in [0.05, 0.1) is 11.1 Å². The Bertz CT molecular complexity index is 907. The van der Waals surface area contributed by atoms with Gasteiger partial charge in [-0.3, -0.25) is 0 Å². The third-order valence-electron chi connectivity index (χ3n) is 4.38. The monoisotopic (exact) mass is 431 g/mol. The fraction of sp³-hybridized carbons (Fsp3) is 0.526. The van der Waals surface area contributed by atoms with Crippen molar-refractivity contribution in [3.8, 4) is 5.75 Å². The molecular formula is C19H21ClF3N3O3. The molecule has 2 aromatic rings. The Hall–Kier alpha value is -2.29. The lowest BCUT2D eigenvalue weighted by Gasteiger charge is -2.33. The molecule has 0 saturated carbocycles. The Morgan fingerprint density at radius 3 is 2.41 bits per heavy atom. The number of halogens is 4. The minimum Gasteiger partial charge on any atom is -0.490 e. The Labute approximate surface area is 171 Å². The van der Waals surface area contributed by atoms with Gasteiger partial charge in [0.1, 0.15) is 28.9 Å². The van der Waals surface area contributed by atoms with Crippen LogP contribution in [0.2, 0.25) is 5.15 Å². The van der Waals surface area contributed by atoms with Crippen LogP contribution >= 0.6 is 11.6 Å². The molecule has 1 aromatic carbocycles. The van der Waals surface area contributed by atoms with Crippen molar-refractivity contribution < 1.29 is 27.4 Å². The molecule has 1 saturated heterocycles. The quantitative estimate of drug-likeness (QED) is 0.620. The van der Waals surface area contributed by atoms with Gasteiger partial charge in [-0.1, -0.05) is 11.6 Å². The first-order chi connectivity index (χ1) is 13.4. The molecule has 1 amide bonds. The topological polar surface area (TPSA) is 64.5 Å². The normalized spacial score (nSPS) is 16.2. The molecule has 29 heavy (non-hydrogen) atoms. The van der Waals surface area contributed by atoms with Crippen molar-refractivity contribution in [1.29, 1.82) is 0 Å². The SMILES string of the molecule is CC(C)(C)OC(=O)N1CCC(Oc2cc3c(Cl)ncnc3cc2C(F)(F)F)CC1. The van der Waals surface area contributed by atoms with Gasteiger partial charge in [0.2, 0.25) is 0 Å². The number of benzene rings is 1. The molecule has 1 aliphatic heterocycles. The zero-order chi connectivity index (χ0) is 21.4. The predicted octanol–water partition coefficient (Wildman–Crippen LogP) is 5.08. The van der Waals surface area contributed by atoms with Crippen LogP contribution in [-0.4, -0.2) is 45.8 Å². The molecule has 6 nitrogen and oxygen atoms in total. The molecule has 0 aliphatic carbocycles. The summed E-state index contributed by atoms with van der Waals surface area (Å²) in [6.07, 6.45) is -3.66. The van der Waals surface area contributed by atoms with Crippen molar-refractivity contribution in [1.82, 2.24) is 14.9 Å². The van der Waals surface area contributed by atoms with Crippen molar-refractivity contribution >= 4 is 28.6 Å². The fourth-order valence-electron chi connectivity index (χ4n) is 3.03. The van der Waals surface area contributed by atoms with Crippen LogP contribution in [-0.2, 0) is 10.9 Å². The number of nitrogens with zero attached hydrogens (tertiary/aromatic N) is 3. The van der Waals surface area contributed by atoms with E-state index in [2.05, 4.69) is 9.97 Å². The third kappa shape index (κ3) is 5.20. The summed E-state index contributed by atoms with van der Waals surface area (Å²) in [5.41, 5.74) is -1.45. The first-order valence-corrected chi connectivity index (χ1v) is 9.48. The summed E-state index contributed by atoms with van der Waals surface area (Å²) >= 11 is 6.00. The van der Waals surface area contributed by atoms with Gasteiger partial charge in [0.15, 0.2) is 0 Å². The molecule has 0 unspecified atom stereocenters. The van der Waals surface area contributed by atoms with E-state index in [0.29, 0.717) is 25.9 Å². The maximum atomic E-state index is 13.5. The van der Waals surface area contributed by atoms with Gasteiger partial charge in [0.25, 0.3) is 0 Å². The number of hydrogen-bond donors (Lipinski definition) is 0. The molecule has 3 rings (SSSR count). The van der Waals surface area contributed by atoms with Crippen LogP contribution in [0.3, 0.4) is 0 Å². The maximum Gasteiger partial charge on any atom is 0.420 e. The second-order valence-corrected chi connectivity index (χ2v) is 8.17. The second kappa shape index (κ2) is 7.85. The highest BCUT2D eigenvalue weighted by Gasteiger charge is 2.36. The average molecular weight is 432 g/mol. The van der Waals surface area contributed by atoms with Gasteiger partial charge in [-0.2, -0.15) is 13.2 Å². The van der Waals surface area contributed by atoms with E-state index >= 15 is 0 Å². The fourth-order valence-corrected chi connectivity index (χ4v) is 3.23. The van der Waals surface area contributed by atoms with Crippen molar-refractivity contribution in [2.75, 3.05) is 13.1 Å². The van der Waals surface area contributed by atoms with Gasteiger partial charge in [-0.05, 0) is 32.9 Å². The summed E-state index contributed by atoms with van der Waals surface area (Å²) < 4.78 is 51.6. The van der Waals surface area contributed by atoms with Crippen LogP contribution in [0, 0.1) is 0 Å². The van der Waals surface area contributed by atoms with Crippen LogP contribution in [0.15, 0.2) is 18.5 Å². The van der Waals surface area contributed by atoms with Gasteiger partial charge >= 0.3 is 12.3 Å².